The first-order valence-corrected chi connectivity index (χ1v) is 7.16. The van der Waals surface area contributed by atoms with Crippen LogP contribution in [-0.4, -0.2) is 38.0 Å². The summed E-state index contributed by atoms with van der Waals surface area (Å²) in [7, 11) is 0. The van der Waals surface area contributed by atoms with Crippen LogP contribution in [0.5, 0.6) is 0 Å². The minimum Gasteiger partial charge on any atom is -0.376 e. The summed E-state index contributed by atoms with van der Waals surface area (Å²) in [5.41, 5.74) is -0.469. The Morgan fingerprint density at radius 3 is 2.78 bits per heavy atom. The van der Waals surface area contributed by atoms with Crippen LogP contribution in [0.25, 0.3) is 0 Å². The average Bonchev–Trinajstić information content (AvgIpc) is 3.24. The molecule has 2 unspecified atom stereocenters. The quantitative estimate of drug-likeness (QED) is 0.751. The number of ether oxygens (including phenoxy) is 2. The summed E-state index contributed by atoms with van der Waals surface area (Å²) in [5.74, 6) is 0.467. The van der Waals surface area contributed by atoms with Crippen LogP contribution in [0, 0.1) is 17.2 Å². The van der Waals surface area contributed by atoms with Gasteiger partial charge in [0.2, 0.25) is 0 Å². The minimum absolute atomic E-state index is 0.232. The Bertz CT molecular complexity index is 293. The first-order valence-electron chi connectivity index (χ1n) is 7.16. The van der Waals surface area contributed by atoms with E-state index in [2.05, 4.69) is 11.4 Å². The lowest BCUT2D eigenvalue weighted by atomic mass is 9.96. The Labute approximate surface area is 110 Å². The van der Waals surface area contributed by atoms with Crippen molar-refractivity contribution >= 4 is 0 Å². The Hall–Kier alpha value is -0.630. The number of nitrogens with one attached hydrogen (secondary N) is 1. The summed E-state index contributed by atoms with van der Waals surface area (Å²) in [6.45, 7) is 4.82. The van der Waals surface area contributed by atoms with Crippen LogP contribution in [0.3, 0.4) is 0 Å². The van der Waals surface area contributed by atoms with Gasteiger partial charge in [0, 0.05) is 6.61 Å². The van der Waals surface area contributed by atoms with Crippen molar-refractivity contribution in [2.24, 2.45) is 5.92 Å². The van der Waals surface area contributed by atoms with E-state index in [0.717, 1.165) is 38.8 Å². The molecule has 102 valence electrons. The van der Waals surface area contributed by atoms with Crippen molar-refractivity contribution in [1.29, 1.82) is 5.26 Å². The molecule has 4 heteroatoms. The molecule has 0 aromatic carbocycles. The molecule has 1 saturated carbocycles. The molecule has 1 saturated heterocycles. The first kappa shape index (κ1) is 13.8. The van der Waals surface area contributed by atoms with Crippen LogP contribution in [0.1, 0.15) is 39.0 Å². The highest BCUT2D eigenvalue weighted by atomic mass is 16.5. The van der Waals surface area contributed by atoms with Crippen molar-refractivity contribution in [3.63, 3.8) is 0 Å². The van der Waals surface area contributed by atoms with Crippen LogP contribution in [0.2, 0.25) is 0 Å². The lowest BCUT2D eigenvalue weighted by Gasteiger charge is -2.29. The lowest BCUT2D eigenvalue weighted by Crippen LogP contribution is -2.50. The highest BCUT2D eigenvalue weighted by molar-refractivity contribution is 5.15. The monoisotopic (exact) mass is 252 g/mol. The van der Waals surface area contributed by atoms with Crippen molar-refractivity contribution in [2.75, 3.05) is 26.4 Å². The van der Waals surface area contributed by atoms with E-state index in [0.29, 0.717) is 19.1 Å². The fourth-order valence-electron chi connectivity index (χ4n) is 2.66. The molecule has 2 rings (SSSR count). The third-order valence-electron chi connectivity index (χ3n) is 3.87. The molecule has 1 N–H and O–H groups in total. The van der Waals surface area contributed by atoms with E-state index < -0.39 is 5.54 Å². The maximum atomic E-state index is 9.43. The van der Waals surface area contributed by atoms with E-state index in [-0.39, 0.29) is 6.10 Å². The van der Waals surface area contributed by atoms with Gasteiger partial charge in [0.25, 0.3) is 0 Å². The van der Waals surface area contributed by atoms with Crippen LogP contribution < -0.4 is 5.32 Å². The van der Waals surface area contributed by atoms with Gasteiger partial charge in [0.15, 0.2) is 0 Å². The number of nitrogens with zero attached hydrogens (tertiary/aromatic N) is 1. The van der Waals surface area contributed by atoms with E-state index >= 15 is 0 Å². The molecule has 0 amide bonds. The topological polar surface area (TPSA) is 54.3 Å². The second kappa shape index (κ2) is 6.51. The molecular weight excluding hydrogens is 228 g/mol. The number of nitriles is 1. The molecule has 2 atom stereocenters. The molecule has 0 spiro atoms. The normalized spacial score (nSPS) is 27.4. The third-order valence-corrected chi connectivity index (χ3v) is 3.87. The van der Waals surface area contributed by atoms with Gasteiger partial charge in [-0.3, -0.25) is 5.32 Å². The van der Waals surface area contributed by atoms with E-state index in [1.54, 1.807) is 0 Å². The first-order chi connectivity index (χ1) is 8.80. The predicted molar refractivity (Wildman–Crippen MR) is 69.2 cm³/mol. The summed E-state index contributed by atoms with van der Waals surface area (Å²) >= 11 is 0. The minimum atomic E-state index is -0.469. The number of hydrogen-bond donors (Lipinski definition) is 1. The van der Waals surface area contributed by atoms with E-state index in [4.69, 9.17) is 9.47 Å². The van der Waals surface area contributed by atoms with Crippen LogP contribution in [0.4, 0.5) is 0 Å². The third kappa shape index (κ3) is 3.44. The van der Waals surface area contributed by atoms with Gasteiger partial charge in [0.1, 0.15) is 5.54 Å². The Morgan fingerprint density at radius 2 is 2.22 bits per heavy atom. The molecule has 0 radical (unpaired) electrons. The Kier molecular flexibility index (Phi) is 4.99. The standard InChI is InChI=1S/C14H24N2O2/c1-2-16-14(10-15,12-6-7-12)11-17-9-13-5-3-4-8-18-13/h12-13,16H,2-9,11H2,1H3. The van der Waals surface area contributed by atoms with Crippen molar-refractivity contribution < 1.29 is 9.47 Å². The van der Waals surface area contributed by atoms with Crippen LogP contribution in [0.15, 0.2) is 0 Å². The molecule has 18 heavy (non-hydrogen) atoms. The van der Waals surface area contributed by atoms with Gasteiger partial charge in [0.05, 0.1) is 25.4 Å². The highest BCUT2D eigenvalue weighted by Crippen LogP contribution is 2.39. The predicted octanol–water partition coefficient (Wildman–Crippen LogP) is 1.85. The van der Waals surface area contributed by atoms with Crippen LogP contribution in [-0.2, 0) is 9.47 Å². The number of hydrogen-bond acceptors (Lipinski definition) is 4. The van der Waals surface area contributed by atoms with E-state index in [1.807, 2.05) is 6.92 Å². The van der Waals surface area contributed by atoms with Gasteiger partial charge >= 0.3 is 0 Å². The zero-order valence-corrected chi connectivity index (χ0v) is 11.3. The molecule has 0 aromatic heterocycles. The maximum Gasteiger partial charge on any atom is 0.133 e. The lowest BCUT2D eigenvalue weighted by molar-refractivity contribution is -0.0495. The zero-order chi connectivity index (χ0) is 12.8. The van der Waals surface area contributed by atoms with Gasteiger partial charge in [-0.1, -0.05) is 6.92 Å². The highest BCUT2D eigenvalue weighted by Gasteiger charge is 2.45. The van der Waals surface area contributed by atoms with Crippen molar-refractivity contribution in [3.8, 4) is 6.07 Å². The van der Waals surface area contributed by atoms with Gasteiger partial charge in [-0.25, -0.2) is 0 Å². The van der Waals surface area contributed by atoms with Gasteiger partial charge in [-0.05, 0) is 44.6 Å². The van der Waals surface area contributed by atoms with Gasteiger partial charge in [-0.2, -0.15) is 5.26 Å². The molecule has 1 aliphatic heterocycles. The van der Waals surface area contributed by atoms with Gasteiger partial charge < -0.3 is 9.47 Å². The number of likely N-dealkylation sites (N-methyl/N-ethyl adjacent to an activating group) is 1. The molecule has 2 aliphatic rings. The van der Waals surface area contributed by atoms with E-state index in [1.165, 1.54) is 6.42 Å². The SMILES string of the molecule is CCNC(C#N)(COCC1CCCCO1)C1CC1. The molecule has 2 fully saturated rings. The maximum absolute atomic E-state index is 9.43. The molecule has 1 aliphatic carbocycles. The Balaban J connectivity index is 1.76. The number of rotatable bonds is 7. The fourth-order valence-corrected chi connectivity index (χ4v) is 2.66. The second-order valence-corrected chi connectivity index (χ2v) is 5.39. The smallest absolute Gasteiger partial charge is 0.133 e. The molecule has 4 nitrogen and oxygen atoms in total. The molecule has 0 bridgehead atoms. The summed E-state index contributed by atoms with van der Waals surface area (Å²) in [5, 5.41) is 12.7. The Morgan fingerprint density at radius 1 is 1.39 bits per heavy atom. The molecular formula is C14H24N2O2. The van der Waals surface area contributed by atoms with Crippen LogP contribution >= 0.6 is 0 Å². The summed E-state index contributed by atoms with van der Waals surface area (Å²) in [4.78, 5) is 0. The summed E-state index contributed by atoms with van der Waals surface area (Å²) in [6.07, 6.45) is 6.00. The molecule has 0 aromatic rings. The second-order valence-electron chi connectivity index (χ2n) is 5.39. The summed E-state index contributed by atoms with van der Waals surface area (Å²) < 4.78 is 11.4. The van der Waals surface area contributed by atoms with Crippen molar-refractivity contribution in [1.82, 2.24) is 5.32 Å². The summed E-state index contributed by atoms with van der Waals surface area (Å²) in [6, 6.07) is 2.44. The average molecular weight is 252 g/mol. The van der Waals surface area contributed by atoms with Gasteiger partial charge in [-0.15, -0.1) is 0 Å². The zero-order valence-electron chi connectivity index (χ0n) is 11.3. The van der Waals surface area contributed by atoms with E-state index in [9.17, 15) is 5.26 Å². The largest absolute Gasteiger partial charge is 0.376 e. The van der Waals surface area contributed by atoms with Crippen molar-refractivity contribution in [3.05, 3.63) is 0 Å². The fraction of sp³-hybridized carbons (Fsp3) is 0.929. The molecule has 1 heterocycles. The van der Waals surface area contributed by atoms with Crippen molar-refractivity contribution in [2.45, 2.75) is 50.7 Å².